The molecule has 19 heavy (non-hydrogen) atoms. The van der Waals surface area contributed by atoms with E-state index < -0.39 is 23.7 Å². The number of ether oxygens (including phenoxy) is 2. The first kappa shape index (κ1) is 15.5. The number of amides is 1. The van der Waals surface area contributed by atoms with Gasteiger partial charge in [0, 0.05) is 6.54 Å². The van der Waals surface area contributed by atoms with Gasteiger partial charge in [0.05, 0.1) is 12.6 Å². The number of hydrogen-bond acceptors (Lipinski definition) is 5. The van der Waals surface area contributed by atoms with E-state index in [0.717, 1.165) is 0 Å². The lowest BCUT2D eigenvalue weighted by Gasteiger charge is -2.40. The van der Waals surface area contributed by atoms with Crippen molar-refractivity contribution in [1.29, 1.82) is 0 Å². The van der Waals surface area contributed by atoms with Crippen LogP contribution in [0.2, 0.25) is 0 Å². The van der Waals surface area contributed by atoms with Gasteiger partial charge in [-0.2, -0.15) is 0 Å². The van der Waals surface area contributed by atoms with Crippen molar-refractivity contribution in [2.45, 2.75) is 52.2 Å². The Morgan fingerprint density at radius 1 is 1.26 bits per heavy atom. The van der Waals surface area contributed by atoms with E-state index in [1.54, 1.807) is 27.7 Å². The van der Waals surface area contributed by atoms with Crippen LogP contribution in [0.25, 0.3) is 0 Å². The lowest BCUT2D eigenvalue weighted by molar-refractivity contribution is -0.147. The van der Waals surface area contributed by atoms with Gasteiger partial charge in [-0.3, -0.25) is 14.5 Å². The maximum absolute atomic E-state index is 11.8. The normalized spacial score (nSPS) is 18.5. The summed E-state index contributed by atoms with van der Waals surface area (Å²) in [5.74, 6) is -0.848. The number of hydrogen-bond donors (Lipinski definition) is 0. The van der Waals surface area contributed by atoms with Gasteiger partial charge in [0.2, 0.25) is 0 Å². The molecule has 1 rings (SSSR count). The fourth-order valence-electron chi connectivity index (χ4n) is 1.73. The highest BCUT2D eigenvalue weighted by atomic mass is 16.6. The van der Waals surface area contributed by atoms with Crippen LogP contribution in [0.1, 0.15) is 40.5 Å². The summed E-state index contributed by atoms with van der Waals surface area (Å²) in [4.78, 5) is 36.2. The van der Waals surface area contributed by atoms with Gasteiger partial charge < -0.3 is 9.47 Å². The molecule has 6 heteroatoms. The van der Waals surface area contributed by atoms with Crippen molar-refractivity contribution in [2.75, 3.05) is 13.2 Å². The van der Waals surface area contributed by atoms with Crippen LogP contribution in [0.15, 0.2) is 0 Å². The molecule has 1 unspecified atom stereocenters. The van der Waals surface area contributed by atoms with Gasteiger partial charge >= 0.3 is 12.1 Å². The van der Waals surface area contributed by atoms with E-state index in [9.17, 15) is 14.4 Å². The molecule has 0 bridgehead atoms. The maximum Gasteiger partial charge on any atom is 0.410 e. The van der Waals surface area contributed by atoms with Gasteiger partial charge in [-0.1, -0.05) is 0 Å². The molecule has 0 spiro atoms. The average molecular weight is 271 g/mol. The summed E-state index contributed by atoms with van der Waals surface area (Å²) in [7, 11) is 0. The summed E-state index contributed by atoms with van der Waals surface area (Å²) in [6.45, 7) is 7.69. The minimum atomic E-state index is -0.596. The van der Waals surface area contributed by atoms with Crippen molar-refractivity contribution in [3.05, 3.63) is 0 Å². The molecule has 0 aromatic rings. The lowest BCUT2D eigenvalue weighted by Crippen LogP contribution is -2.56. The Morgan fingerprint density at radius 3 is 2.32 bits per heavy atom. The van der Waals surface area contributed by atoms with Crippen LogP contribution < -0.4 is 0 Å². The second-order valence-electron chi connectivity index (χ2n) is 5.43. The van der Waals surface area contributed by atoms with Gasteiger partial charge in [-0.15, -0.1) is 0 Å². The highest BCUT2D eigenvalue weighted by Crippen LogP contribution is 2.22. The molecule has 0 radical (unpaired) electrons. The third-order valence-electron chi connectivity index (χ3n) is 2.64. The number of rotatable bonds is 4. The number of esters is 1. The third kappa shape index (κ3) is 4.54. The zero-order valence-electron chi connectivity index (χ0n) is 11.9. The SMILES string of the molecule is CCOC(=O)CC(=O)C1CCN1C(=O)OC(C)(C)C. The van der Waals surface area contributed by atoms with Gasteiger partial charge in [-0.05, 0) is 34.1 Å². The monoisotopic (exact) mass is 271 g/mol. The van der Waals surface area contributed by atoms with Crippen LogP contribution in [0.3, 0.4) is 0 Å². The van der Waals surface area contributed by atoms with Crippen LogP contribution in [0.4, 0.5) is 4.79 Å². The van der Waals surface area contributed by atoms with Crippen LogP contribution in [-0.2, 0) is 19.1 Å². The fourth-order valence-corrected chi connectivity index (χ4v) is 1.73. The molecule has 0 aromatic carbocycles. The highest BCUT2D eigenvalue weighted by Gasteiger charge is 2.40. The molecule has 0 aliphatic carbocycles. The van der Waals surface area contributed by atoms with E-state index in [4.69, 9.17) is 9.47 Å². The molecule has 1 aliphatic rings. The fraction of sp³-hybridized carbons (Fsp3) is 0.769. The number of likely N-dealkylation sites (tertiary alicyclic amines) is 1. The molecule has 0 aromatic heterocycles. The van der Waals surface area contributed by atoms with E-state index in [0.29, 0.717) is 13.0 Å². The van der Waals surface area contributed by atoms with Gasteiger partial charge in [0.1, 0.15) is 12.0 Å². The molecule has 1 amide bonds. The van der Waals surface area contributed by atoms with E-state index in [2.05, 4.69) is 0 Å². The Hall–Kier alpha value is -1.59. The van der Waals surface area contributed by atoms with Crippen molar-refractivity contribution in [2.24, 2.45) is 0 Å². The second-order valence-corrected chi connectivity index (χ2v) is 5.43. The molecule has 0 N–H and O–H groups in total. The summed E-state index contributed by atoms with van der Waals surface area (Å²) >= 11 is 0. The van der Waals surface area contributed by atoms with Gasteiger partial charge in [0.15, 0.2) is 5.78 Å². The average Bonchev–Trinajstić information content (AvgIpc) is 2.11. The minimum absolute atomic E-state index is 0.243. The van der Waals surface area contributed by atoms with Crippen LogP contribution in [-0.4, -0.2) is 47.5 Å². The van der Waals surface area contributed by atoms with Crippen molar-refractivity contribution >= 4 is 17.8 Å². The minimum Gasteiger partial charge on any atom is -0.466 e. The molecule has 1 heterocycles. The Labute approximate surface area is 113 Å². The lowest BCUT2D eigenvalue weighted by atomic mass is 9.97. The number of nitrogens with zero attached hydrogens (tertiary/aromatic N) is 1. The molecular formula is C13H21NO5. The van der Waals surface area contributed by atoms with Crippen LogP contribution in [0, 0.1) is 0 Å². The molecule has 108 valence electrons. The Bertz CT molecular complexity index is 372. The highest BCUT2D eigenvalue weighted by molar-refractivity contribution is 6.00. The zero-order chi connectivity index (χ0) is 14.6. The molecule has 1 aliphatic heterocycles. The van der Waals surface area contributed by atoms with Gasteiger partial charge in [-0.25, -0.2) is 4.79 Å². The van der Waals surface area contributed by atoms with E-state index in [-0.39, 0.29) is 18.8 Å². The van der Waals surface area contributed by atoms with Gasteiger partial charge in [0.25, 0.3) is 0 Å². The van der Waals surface area contributed by atoms with E-state index in [1.807, 2.05) is 0 Å². The second kappa shape index (κ2) is 6.04. The number of carbonyl (C=O) groups excluding carboxylic acids is 3. The van der Waals surface area contributed by atoms with Crippen molar-refractivity contribution in [3.8, 4) is 0 Å². The van der Waals surface area contributed by atoms with Crippen molar-refractivity contribution < 1.29 is 23.9 Å². The number of carbonyl (C=O) groups is 3. The molecule has 1 saturated heterocycles. The summed E-state index contributed by atoms with van der Waals surface area (Å²) in [6.07, 6.45) is -0.240. The molecule has 1 atom stereocenters. The smallest absolute Gasteiger partial charge is 0.410 e. The third-order valence-corrected chi connectivity index (χ3v) is 2.64. The summed E-state index contributed by atoms with van der Waals surface area (Å²) in [5.41, 5.74) is -0.596. The standard InChI is InChI=1S/C13H21NO5/c1-5-18-11(16)8-10(15)9-6-7-14(9)12(17)19-13(2,3)4/h9H,5-8H2,1-4H3. The molecule has 1 fully saturated rings. The first-order valence-corrected chi connectivity index (χ1v) is 6.42. The largest absolute Gasteiger partial charge is 0.466 e. The van der Waals surface area contributed by atoms with E-state index in [1.165, 1.54) is 4.90 Å². The zero-order valence-corrected chi connectivity index (χ0v) is 11.9. The summed E-state index contributed by atoms with van der Waals surface area (Å²) in [6, 6.07) is -0.556. The Balaban J connectivity index is 2.49. The van der Waals surface area contributed by atoms with Crippen LogP contribution in [0.5, 0.6) is 0 Å². The predicted octanol–water partition coefficient (Wildman–Crippen LogP) is 1.52. The van der Waals surface area contributed by atoms with E-state index >= 15 is 0 Å². The topological polar surface area (TPSA) is 72.9 Å². The molecular weight excluding hydrogens is 250 g/mol. The Morgan fingerprint density at radius 2 is 1.89 bits per heavy atom. The maximum atomic E-state index is 11.8. The molecule has 0 saturated carbocycles. The van der Waals surface area contributed by atoms with Crippen molar-refractivity contribution in [3.63, 3.8) is 0 Å². The summed E-state index contributed by atoms with van der Waals surface area (Å²) in [5, 5.41) is 0. The first-order valence-electron chi connectivity index (χ1n) is 6.42. The number of ketones is 1. The van der Waals surface area contributed by atoms with Crippen molar-refractivity contribution in [1.82, 2.24) is 4.90 Å². The number of Topliss-reactive ketones (excluding diaryl/α,β-unsaturated/α-hetero) is 1. The molecule has 6 nitrogen and oxygen atoms in total. The first-order chi connectivity index (χ1) is 8.74. The van der Waals surface area contributed by atoms with Crippen LogP contribution >= 0.6 is 0 Å². The predicted molar refractivity (Wildman–Crippen MR) is 67.6 cm³/mol. The summed E-state index contributed by atoms with van der Waals surface area (Å²) < 4.78 is 9.91. The Kier molecular flexibility index (Phi) is 4.91. The quantitative estimate of drug-likeness (QED) is 0.572.